The number of anilines is 1. The lowest BCUT2D eigenvalue weighted by Gasteiger charge is -2.40. The quantitative estimate of drug-likeness (QED) is 0.312. The molecule has 0 aliphatic carbocycles. The van der Waals surface area contributed by atoms with Gasteiger partial charge in [0.05, 0.1) is 24.2 Å². The van der Waals surface area contributed by atoms with Crippen molar-refractivity contribution >= 4 is 29.1 Å². The van der Waals surface area contributed by atoms with Crippen LogP contribution in [0.15, 0.2) is 91.1 Å². The van der Waals surface area contributed by atoms with E-state index in [4.69, 9.17) is 16.3 Å². The van der Waals surface area contributed by atoms with Gasteiger partial charge in [-0.15, -0.1) is 0 Å². The van der Waals surface area contributed by atoms with Gasteiger partial charge >= 0.3 is 0 Å². The topological polar surface area (TPSA) is 54.8 Å². The molecule has 0 spiro atoms. The van der Waals surface area contributed by atoms with E-state index >= 15 is 0 Å². The van der Waals surface area contributed by atoms with Crippen molar-refractivity contribution in [3.8, 4) is 11.4 Å². The first-order valence-electron chi connectivity index (χ1n) is 12.2. The predicted octanol–water partition coefficient (Wildman–Crippen LogP) is 6.13. The summed E-state index contributed by atoms with van der Waals surface area (Å²) < 4.78 is 7.48. The van der Waals surface area contributed by atoms with Crippen molar-refractivity contribution in [3.63, 3.8) is 0 Å². The second-order valence-electron chi connectivity index (χ2n) is 9.26. The number of carbonyl (C=O) groups excluding carboxylic acids is 2. The summed E-state index contributed by atoms with van der Waals surface area (Å²) in [6, 6.07) is 25.8. The average Bonchev–Trinajstić information content (AvgIpc) is 3.41. The second kappa shape index (κ2) is 10.1. The summed E-state index contributed by atoms with van der Waals surface area (Å²) in [7, 11) is 1.63. The van der Waals surface area contributed by atoms with Gasteiger partial charge in [-0.25, -0.2) is 0 Å². The number of benzene rings is 3. The van der Waals surface area contributed by atoms with E-state index in [2.05, 4.69) is 4.57 Å². The maximum Gasteiger partial charge on any atom is 0.254 e. The molecule has 1 atom stereocenters. The van der Waals surface area contributed by atoms with E-state index in [9.17, 15) is 9.59 Å². The zero-order valence-corrected chi connectivity index (χ0v) is 21.7. The molecule has 0 saturated carbocycles. The van der Waals surface area contributed by atoms with Gasteiger partial charge < -0.3 is 14.2 Å². The first-order valence-corrected chi connectivity index (χ1v) is 12.6. The number of aromatic nitrogens is 1. The molecular weight excluding hydrogens is 486 g/mol. The van der Waals surface area contributed by atoms with Gasteiger partial charge in [-0.05, 0) is 80.1 Å². The van der Waals surface area contributed by atoms with E-state index in [1.165, 1.54) is 0 Å². The Hall–Kier alpha value is -4.03. The molecule has 37 heavy (non-hydrogen) atoms. The van der Waals surface area contributed by atoms with Crippen molar-refractivity contribution in [1.82, 2.24) is 9.47 Å². The molecule has 3 aromatic carbocycles. The van der Waals surface area contributed by atoms with Gasteiger partial charge in [0.2, 0.25) is 5.91 Å². The lowest BCUT2D eigenvalue weighted by Crippen LogP contribution is -2.48. The Kier molecular flexibility index (Phi) is 6.76. The number of fused-ring (bicyclic) bond motifs is 3. The van der Waals surface area contributed by atoms with Gasteiger partial charge in [0.1, 0.15) is 18.3 Å². The summed E-state index contributed by atoms with van der Waals surface area (Å²) in [4.78, 5) is 31.0. The molecule has 4 aromatic rings. The second-order valence-corrected chi connectivity index (χ2v) is 9.70. The smallest absolute Gasteiger partial charge is 0.254 e. The Morgan fingerprint density at radius 2 is 1.59 bits per heavy atom. The van der Waals surface area contributed by atoms with Gasteiger partial charge in [-0.1, -0.05) is 35.9 Å². The minimum atomic E-state index is -0.372. The Morgan fingerprint density at radius 3 is 2.24 bits per heavy atom. The Balaban J connectivity index is 1.56. The molecule has 0 radical (unpaired) electrons. The summed E-state index contributed by atoms with van der Waals surface area (Å²) in [5, 5.41) is 0.555. The number of ether oxygens (including phenoxy) is 1. The number of hydrogen-bond acceptors (Lipinski definition) is 3. The van der Waals surface area contributed by atoms with Crippen LogP contribution in [0.5, 0.6) is 5.75 Å². The highest BCUT2D eigenvalue weighted by atomic mass is 35.5. The SMILES string of the molecule is COc1ccc(C2c3cccn3-c3ccccc3N2C(=O)CN(C(=O)c2ccc(Cl)cc2)C(C)C)cc1. The third kappa shape index (κ3) is 4.60. The van der Waals surface area contributed by atoms with Crippen LogP contribution in [0.25, 0.3) is 5.69 Å². The van der Waals surface area contributed by atoms with Crippen LogP contribution in [0, 0.1) is 0 Å². The lowest BCUT2D eigenvalue weighted by atomic mass is 9.97. The number of hydrogen-bond donors (Lipinski definition) is 0. The summed E-state index contributed by atoms with van der Waals surface area (Å²) in [5.41, 5.74) is 4.12. The van der Waals surface area contributed by atoms with Crippen LogP contribution in [0.4, 0.5) is 5.69 Å². The van der Waals surface area contributed by atoms with Crippen LogP contribution in [0.2, 0.25) is 5.02 Å². The maximum atomic E-state index is 14.2. The van der Waals surface area contributed by atoms with Crippen molar-refractivity contribution in [2.75, 3.05) is 18.6 Å². The van der Waals surface area contributed by atoms with Crippen molar-refractivity contribution in [1.29, 1.82) is 0 Å². The molecule has 7 heteroatoms. The minimum Gasteiger partial charge on any atom is -0.497 e. The maximum absolute atomic E-state index is 14.2. The van der Waals surface area contributed by atoms with Crippen molar-refractivity contribution in [2.45, 2.75) is 25.9 Å². The number of rotatable bonds is 6. The molecule has 0 bridgehead atoms. The fourth-order valence-corrected chi connectivity index (χ4v) is 4.96. The van der Waals surface area contributed by atoms with Crippen molar-refractivity contribution < 1.29 is 14.3 Å². The Morgan fingerprint density at radius 1 is 0.919 bits per heavy atom. The van der Waals surface area contributed by atoms with E-state index in [1.54, 1.807) is 36.3 Å². The number of nitrogens with zero attached hydrogens (tertiary/aromatic N) is 3. The molecule has 1 aliphatic rings. The fraction of sp³-hybridized carbons (Fsp3) is 0.200. The first-order chi connectivity index (χ1) is 17.9. The van der Waals surface area contributed by atoms with Gasteiger partial charge in [0.15, 0.2) is 0 Å². The third-order valence-corrected chi connectivity index (χ3v) is 6.95. The van der Waals surface area contributed by atoms with E-state index in [1.807, 2.05) is 85.6 Å². The van der Waals surface area contributed by atoms with Crippen LogP contribution < -0.4 is 9.64 Å². The van der Waals surface area contributed by atoms with Gasteiger partial charge in [0.25, 0.3) is 5.91 Å². The van der Waals surface area contributed by atoms with Gasteiger partial charge in [0, 0.05) is 22.8 Å². The molecule has 188 valence electrons. The highest BCUT2D eigenvalue weighted by Crippen LogP contribution is 2.42. The molecule has 2 amide bonds. The molecule has 5 rings (SSSR count). The largest absolute Gasteiger partial charge is 0.497 e. The van der Waals surface area contributed by atoms with E-state index in [-0.39, 0.29) is 30.4 Å². The average molecular weight is 514 g/mol. The summed E-state index contributed by atoms with van der Waals surface area (Å²) in [6.45, 7) is 3.76. The van der Waals surface area contributed by atoms with E-state index in [0.717, 1.165) is 28.4 Å². The monoisotopic (exact) mass is 513 g/mol. The van der Waals surface area contributed by atoms with Gasteiger partial charge in [-0.2, -0.15) is 0 Å². The molecule has 2 heterocycles. The standard InChI is InChI=1S/C30H28ClN3O3/c1-20(2)33(30(36)22-10-14-23(31)15-11-22)19-28(35)34-26-8-5-4-7-25(26)32-18-6-9-27(32)29(34)21-12-16-24(37-3)17-13-21/h4-18,20,29H,19H2,1-3H3. The number of methoxy groups -OCH3 is 1. The minimum absolute atomic E-state index is 0.0686. The van der Waals surface area contributed by atoms with Crippen LogP contribution in [0.1, 0.15) is 41.5 Å². The van der Waals surface area contributed by atoms with E-state index < -0.39 is 0 Å². The molecule has 1 aromatic heterocycles. The highest BCUT2D eigenvalue weighted by Gasteiger charge is 2.37. The molecule has 6 nitrogen and oxygen atoms in total. The summed E-state index contributed by atoms with van der Waals surface area (Å²) in [5.74, 6) is 0.360. The van der Waals surface area contributed by atoms with Crippen LogP contribution in [-0.4, -0.2) is 41.0 Å². The van der Waals surface area contributed by atoms with Gasteiger partial charge in [-0.3, -0.25) is 14.5 Å². The molecule has 1 unspecified atom stereocenters. The molecule has 1 aliphatic heterocycles. The van der Waals surface area contributed by atoms with Crippen molar-refractivity contribution in [3.05, 3.63) is 113 Å². The first kappa shape index (κ1) is 24.7. The van der Waals surface area contributed by atoms with Crippen molar-refractivity contribution in [2.24, 2.45) is 0 Å². The molecular formula is C30H28ClN3O3. The summed E-state index contributed by atoms with van der Waals surface area (Å²) in [6.07, 6.45) is 2.01. The van der Waals surface area contributed by atoms with Crippen LogP contribution in [0.3, 0.4) is 0 Å². The lowest BCUT2D eigenvalue weighted by molar-refractivity contribution is -0.120. The number of para-hydroxylation sites is 2. The van der Waals surface area contributed by atoms with Crippen LogP contribution in [-0.2, 0) is 4.79 Å². The third-order valence-electron chi connectivity index (χ3n) is 6.70. The number of halogens is 1. The summed E-state index contributed by atoms with van der Waals surface area (Å²) >= 11 is 6.02. The van der Waals surface area contributed by atoms with Crippen LogP contribution >= 0.6 is 11.6 Å². The number of amides is 2. The van der Waals surface area contributed by atoms with E-state index in [0.29, 0.717) is 10.6 Å². The highest BCUT2D eigenvalue weighted by molar-refractivity contribution is 6.30. The fourth-order valence-electron chi connectivity index (χ4n) is 4.83. The number of carbonyl (C=O) groups is 2. The molecule has 0 fully saturated rings. The zero-order chi connectivity index (χ0) is 26.1. The predicted molar refractivity (Wildman–Crippen MR) is 146 cm³/mol. The molecule has 0 N–H and O–H groups in total. The molecule has 0 saturated heterocycles. The Bertz CT molecular complexity index is 1430. The zero-order valence-electron chi connectivity index (χ0n) is 21.0. The Labute approximate surface area is 221 Å². The normalized spacial score (nSPS) is 14.2.